The van der Waals surface area contributed by atoms with Crippen LogP contribution in [0.1, 0.15) is 5.56 Å². The Bertz CT molecular complexity index is 437. The molecule has 1 nitrogen and oxygen atoms in total. The summed E-state index contributed by atoms with van der Waals surface area (Å²) in [6.07, 6.45) is 3.57. The SMILES string of the molecule is Cc1c(Cl)cccc1-c1ccncc1. The van der Waals surface area contributed by atoms with E-state index < -0.39 is 0 Å². The molecule has 0 radical (unpaired) electrons. The van der Waals surface area contributed by atoms with Gasteiger partial charge in [-0.3, -0.25) is 4.98 Å². The fourth-order valence-electron chi connectivity index (χ4n) is 1.45. The van der Waals surface area contributed by atoms with Crippen molar-refractivity contribution >= 4 is 11.6 Å². The van der Waals surface area contributed by atoms with Crippen LogP contribution in [-0.4, -0.2) is 4.98 Å². The van der Waals surface area contributed by atoms with E-state index in [2.05, 4.69) is 11.1 Å². The van der Waals surface area contributed by atoms with E-state index in [0.717, 1.165) is 16.1 Å². The van der Waals surface area contributed by atoms with E-state index in [4.69, 9.17) is 11.6 Å². The fourth-order valence-corrected chi connectivity index (χ4v) is 1.63. The number of halogens is 1. The molecule has 0 atom stereocenters. The van der Waals surface area contributed by atoms with Crippen molar-refractivity contribution in [2.45, 2.75) is 6.92 Å². The van der Waals surface area contributed by atoms with Crippen LogP contribution in [0.5, 0.6) is 0 Å². The molecule has 0 spiro atoms. The number of aromatic nitrogens is 1. The van der Waals surface area contributed by atoms with E-state index in [1.165, 1.54) is 5.56 Å². The summed E-state index contributed by atoms with van der Waals surface area (Å²) in [5.41, 5.74) is 3.43. The number of hydrogen-bond acceptors (Lipinski definition) is 1. The third-order valence-corrected chi connectivity index (χ3v) is 2.67. The second kappa shape index (κ2) is 3.81. The molecule has 2 heteroatoms. The quantitative estimate of drug-likeness (QED) is 0.689. The van der Waals surface area contributed by atoms with Crippen molar-refractivity contribution in [3.8, 4) is 11.1 Å². The summed E-state index contributed by atoms with van der Waals surface area (Å²) in [4.78, 5) is 3.99. The highest BCUT2D eigenvalue weighted by Crippen LogP contribution is 2.27. The standard InChI is InChI=1S/C12H10ClN/c1-9-11(3-2-4-12(9)13)10-5-7-14-8-6-10/h2-8H,1H3. The number of pyridine rings is 1. The van der Waals surface area contributed by atoms with Crippen molar-refractivity contribution < 1.29 is 0 Å². The normalized spacial score (nSPS) is 10.1. The molecule has 1 aromatic carbocycles. The molecule has 0 fully saturated rings. The van der Waals surface area contributed by atoms with E-state index in [0.29, 0.717) is 0 Å². The van der Waals surface area contributed by atoms with Gasteiger partial charge in [-0.2, -0.15) is 0 Å². The summed E-state index contributed by atoms with van der Waals surface area (Å²) in [5, 5.41) is 0.805. The van der Waals surface area contributed by atoms with E-state index in [-0.39, 0.29) is 0 Å². The third-order valence-electron chi connectivity index (χ3n) is 2.26. The molecule has 0 unspecified atom stereocenters. The Labute approximate surface area is 88.4 Å². The fraction of sp³-hybridized carbons (Fsp3) is 0.0833. The molecule has 70 valence electrons. The summed E-state index contributed by atoms with van der Waals surface area (Å²) in [5.74, 6) is 0. The molecule has 14 heavy (non-hydrogen) atoms. The van der Waals surface area contributed by atoms with E-state index >= 15 is 0 Å². The molecule has 0 amide bonds. The minimum atomic E-state index is 0.805. The van der Waals surface area contributed by atoms with E-state index in [1.807, 2.05) is 31.2 Å². The second-order valence-electron chi connectivity index (χ2n) is 3.15. The molecule has 1 aromatic heterocycles. The lowest BCUT2D eigenvalue weighted by Crippen LogP contribution is -1.84. The lowest BCUT2D eigenvalue weighted by molar-refractivity contribution is 1.32. The van der Waals surface area contributed by atoms with Gasteiger partial charge in [-0.05, 0) is 41.8 Å². The summed E-state index contributed by atoms with van der Waals surface area (Å²) in [7, 11) is 0. The zero-order chi connectivity index (χ0) is 9.97. The Morgan fingerprint density at radius 3 is 2.50 bits per heavy atom. The Hall–Kier alpha value is -1.34. The molecule has 1 heterocycles. The summed E-state index contributed by atoms with van der Waals surface area (Å²) >= 11 is 6.05. The topological polar surface area (TPSA) is 12.9 Å². The molecule has 2 aromatic rings. The van der Waals surface area contributed by atoms with Gasteiger partial charge in [0.15, 0.2) is 0 Å². The van der Waals surface area contributed by atoms with Crippen molar-refractivity contribution in [3.63, 3.8) is 0 Å². The zero-order valence-corrected chi connectivity index (χ0v) is 8.62. The molecule has 0 saturated carbocycles. The van der Waals surface area contributed by atoms with Gasteiger partial charge in [0, 0.05) is 17.4 Å². The predicted octanol–water partition coefficient (Wildman–Crippen LogP) is 3.71. The summed E-state index contributed by atoms with van der Waals surface area (Å²) in [6, 6.07) is 9.90. The van der Waals surface area contributed by atoms with Gasteiger partial charge in [-0.15, -0.1) is 0 Å². The summed E-state index contributed by atoms with van der Waals surface area (Å²) < 4.78 is 0. The second-order valence-corrected chi connectivity index (χ2v) is 3.56. The average molecular weight is 204 g/mol. The smallest absolute Gasteiger partial charge is 0.0441 e. The highest BCUT2D eigenvalue weighted by atomic mass is 35.5. The molecule has 0 bridgehead atoms. The number of hydrogen-bond donors (Lipinski definition) is 0. The molecule has 0 saturated heterocycles. The maximum atomic E-state index is 6.05. The van der Waals surface area contributed by atoms with Gasteiger partial charge in [0.1, 0.15) is 0 Å². The van der Waals surface area contributed by atoms with E-state index in [1.54, 1.807) is 12.4 Å². The lowest BCUT2D eigenvalue weighted by atomic mass is 10.0. The van der Waals surface area contributed by atoms with Crippen LogP contribution in [0, 0.1) is 6.92 Å². The first kappa shape index (κ1) is 9.22. The van der Waals surface area contributed by atoms with E-state index in [9.17, 15) is 0 Å². The van der Waals surface area contributed by atoms with Gasteiger partial charge in [-0.1, -0.05) is 23.7 Å². The van der Waals surface area contributed by atoms with Gasteiger partial charge < -0.3 is 0 Å². The first-order chi connectivity index (χ1) is 6.79. The van der Waals surface area contributed by atoms with Crippen molar-refractivity contribution in [2.24, 2.45) is 0 Å². The van der Waals surface area contributed by atoms with Gasteiger partial charge in [0.25, 0.3) is 0 Å². The van der Waals surface area contributed by atoms with Gasteiger partial charge in [0.05, 0.1) is 0 Å². The molecule has 0 aliphatic rings. The third kappa shape index (κ3) is 1.64. The number of rotatable bonds is 1. The first-order valence-electron chi connectivity index (χ1n) is 4.44. The van der Waals surface area contributed by atoms with Gasteiger partial charge in [0.2, 0.25) is 0 Å². The van der Waals surface area contributed by atoms with Crippen molar-refractivity contribution in [3.05, 3.63) is 53.3 Å². The maximum absolute atomic E-state index is 6.05. The highest BCUT2D eigenvalue weighted by molar-refractivity contribution is 6.31. The van der Waals surface area contributed by atoms with Crippen LogP contribution < -0.4 is 0 Å². The monoisotopic (exact) mass is 203 g/mol. The Kier molecular flexibility index (Phi) is 2.51. The molecule has 0 aliphatic heterocycles. The van der Waals surface area contributed by atoms with Crippen molar-refractivity contribution in [1.82, 2.24) is 4.98 Å². The highest BCUT2D eigenvalue weighted by Gasteiger charge is 2.03. The molecular weight excluding hydrogens is 194 g/mol. The molecular formula is C12H10ClN. The van der Waals surface area contributed by atoms with Gasteiger partial charge in [-0.25, -0.2) is 0 Å². The molecule has 0 aliphatic carbocycles. The summed E-state index contributed by atoms with van der Waals surface area (Å²) in [6.45, 7) is 2.03. The van der Waals surface area contributed by atoms with Gasteiger partial charge >= 0.3 is 0 Å². The van der Waals surface area contributed by atoms with Crippen LogP contribution >= 0.6 is 11.6 Å². The van der Waals surface area contributed by atoms with Crippen molar-refractivity contribution in [1.29, 1.82) is 0 Å². The minimum Gasteiger partial charge on any atom is -0.265 e. The van der Waals surface area contributed by atoms with Crippen LogP contribution in [0.25, 0.3) is 11.1 Å². The van der Waals surface area contributed by atoms with Crippen LogP contribution in [-0.2, 0) is 0 Å². The Morgan fingerprint density at radius 2 is 1.79 bits per heavy atom. The molecule has 0 N–H and O–H groups in total. The van der Waals surface area contributed by atoms with Crippen LogP contribution in [0.2, 0.25) is 5.02 Å². The average Bonchev–Trinajstić information content (AvgIpc) is 2.23. The van der Waals surface area contributed by atoms with Crippen LogP contribution in [0.15, 0.2) is 42.7 Å². The zero-order valence-electron chi connectivity index (χ0n) is 7.87. The number of benzene rings is 1. The lowest BCUT2D eigenvalue weighted by Gasteiger charge is -2.06. The van der Waals surface area contributed by atoms with Crippen LogP contribution in [0.3, 0.4) is 0 Å². The van der Waals surface area contributed by atoms with Crippen LogP contribution in [0.4, 0.5) is 0 Å². The molecule has 2 rings (SSSR count). The maximum Gasteiger partial charge on any atom is 0.0441 e. The van der Waals surface area contributed by atoms with Crippen molar-refractivity contribution in [2.75, 3.05) is 0 Å². The largest absolute Gasteiger partial charge is 0.265 e. The predicted molar refractivity (Wildman–Crippen MR) is 59.4 cm³/mol. The first-order valence-corrected chi connectivity index (χ1v) is 4.82. The minimum absolute atomic E-state index is 0.805. The Balaban J connectivity index is 2.58. The number of nitrogens with zero attached hydrogens (tertiary/aromatic N) is 1. The Morgan fingerprint density at radius 1 is 1.07 bits per heavy atom.